The van der Waals surface area contributed by atoms with Gasteiger partial charge < -0.3 is 14.2 Å². The van der Waals surface area contributed by atoms with Crippen molar-refractivity contribution in [2.75, 3.05) is 24.7 Å². The molecule has 0 saturated heterocycles. The second kappa shape index (κ2) is 11.7. The third-order valence-corrected chi connectivity index (χ3v) is 5.76. The Hall–Kier alpha value is -1.58. The van der Waals surface area contributed by atoms with E-state index in [0.29, 0.717) is 25.6 Å². The van der Waals surface area contributed by atoms with Gasteiger partial charge in [0.15, 0.2) is 0 Å². The van der Waals surface area contributed by atoms with Gasteiger partial charge in [0, 0.05) is 33.8 Å². The van der Waals surface area contributed by atoms with Crippen LogP contribution >= 0.6 is 11.6 Å². The number of amides is 1. The monoisotopic (exact) mass is 461 g/mol. The number of hydrogen-bond acceptors (Lipinski definition) is 6. The second-order valence-corrected chi connectivity index (χ2v) is 15.2. The molecule has 0 saturated carbocycles. The minimum atomic E-state index is -1.21. The van der Waals surface area contributed by atoms with Crippen molar-refractivity contribution >= 4 is 37.7 Å². The van der Waals surface area contributed by atoms with Gasteiger partial charge in [-0.2, -0.15) is 0 Å². The first kappa shape index (κ1) is 26.5. The van der Waals surface area contributed by atoms with E-state index in [0.717, 1.165) is 6.04 Å². The van der Waals surface area contributed by atoms with Gasteiger partial charge >= 0.3 is 12.1 Å². The van der Waals surface area contributed by atoms with Gasteiger partial charge in [-0.25, -0.2) is 14.7 Å². The largest absolute Gasteiger partial charge is 0.466 e. The van der Waals surface area contributed by atoms with Crippen LogP contribution in [0.1, 0.15) is 40.5 Å². The van der Waals surface area contributed by atoms with Gasteiger partial charge in [-0.15, -0.1) is 0 Å². The van der Waals surface area contributed by atoms with Gasteiger partial charge in [0.1, 0.15) is 17.5 Å². The highest BCUT2D eigenvalue weighted by molar-refractivity contribution is 6.76. The van der Waals surface area contributed by atoms with Gasteiger partial charge in [-0.1, -0.05) is 31.2 Å². The molecule has 0 atom stereocenters. The van der Waals surface area contributed by atoms with E-state index in [1.54, 1.807) is 38.5 Å². The van der Waals surface area contributed by atoms with E-state index in [-0.39, 0.29) is 30.8 Å². The van der Waals surface area contributed by atoms with E-state index >= 15 is 0 Å². The summed E-state index contributed by atoms with van der Waals surface area (Å²) in [7, 11) is -1.21. The molecule has 0 aliphatic carbocycles. The SMILES string of the molecule is CCOC(=O)CCCN(C(=O)OC(C)(C)C)c1nc(Cl)cn1COCC[Si](C)(C)C. The number of esters is 1. The molecule has 0 aliphatic heterocycles. The third kappa shape index (κ3) is 10.4. The highest BCUT2D eigenvalue weighted by atomic mass is 35.5. The van der Waals surface area contributed by atoms with Crippen LogP contribution in [0.15, 0.2) is 6.20 Å². The summed E-state index contributed by atoms with van der Waals surface area (Å²) in [6.07, 6.45) is 1.65. The zero-order valence-electron chi connectivity index (χ0n) is 19.3. The van der Waals surface area contributed by atoms with Gasteiger partial charge in [0.2, 0.25) is 5.95 Å². The van der Waals surface area contributed by atoms with Crippen LogP contribution in [-0.2, 0) is 25.7 Å². The van der Waals surface area contributed by atoms with Crippen molar-refractivity contribution < 1.29 is 23.8 Å². The average Bonchev–Trinajstić information content (AvgIpc) is 2.93. The maximum atomic E-state index is 12.8. The fraction of sp³-hybridized carbons (Fsp3) is 0.750. The molecule has 0 spiro atoms. The summed E-state index contributed by atoms with van der Waals surface area (Å²) in [5.74, 6) is 0.0174. The van der Waals surface area contributed by atoms with Crippen molar-refractivity contribution in [1.82, 2.24) is 9.55 Å². The topological polar surface area (TPSA) is 82.9 Å². The first-order valence-electron chi connectivity index (χ1n) is 10.3. The Balaban J connectivity index is 2.93. The van der Waals surface area contributed by atoms with Crippen LogP contribution in [0.4, 0.5) is 10.7 Å². The van der Waals surface area contributed by atoms with E-state index in [2.05, 4.69) is 24.6 Å². The first-order chi connectivity index (χ1) is 13.8. The molecule has 0 bridgehead atoms. The molecular formula is C20H36ClN3O5Si. The predicted molar refractivity (Wildman–Crippen MR) is 121 cm³/mol. The molecule has 172 valence electrons. The number of halogens is 1. The Morgan fingerprint density at radius 2 is 1.93 bits per heavy atom. The summed E-state index contributed by atoms with van der Waals surface area (Å²) in [4.78, 5) is 30.2. The molecule has 1 rings (SSSR count). The standard InChI is InChI=1S/C20H36ClN3O5Si/c1-8-28-17(25)10-9-11-24(19(26)29-20(2,3)4)18-22-16(21)14-23(18)15-27-12-13-30(5,6)7/h14H,8-13,15H2,1-7H3. The van der Waals surface area contributed by atoms with Crippen molar-refractivity contribution in [3.63, 3.8) is 0 Å². The number of hydrogen-bond donors (Lipinski definition) is 0. The third-order valence-electron chi connectivity index (χ3n) is 3.88. The Kier molecular flexibility index (Phi) is 10.3. The molecular weight excluding hydrogens is 426 g/mol. The minimum Gasteiger partial charge on any atom is -0.466 e. The lowest BCUT2D eigenvalue weighted by Crippen LogP contribution is -2.39. The maximum absolute atomic E-state index is 12.8. The van der Waals surface area contributed by atoms with Crippen molar-refractivity contribution in [3.8, 4) is 0 Å². The molecule has 0 aromatic carbocycles. The summed E-state index contributed by atoms with van der Waals surface area (Å²) >= 11 is 6.13. The molecule has 0 fully saturated rings. The average molecular weight is 462 g/mol. The van der Waals surface area contributed by atoms with Crippen LogP contribution in [0.3, 0.4) is 0 Å². The van der Waals surface area contributed by atoms with Crippen LogP contribution < -0.4 is 4.90 Å². The van der Waals surface area contributed by atoms with Crippen molar-refractivity contribution in [3.05, 3.63) is 11.3 Å². The quantitative estimate of drug-likeness (QED) is 0.264. The number of aromatic nitrogens is 2. The zero-order chi connectivity index (χ0) is 22.9. The van der Waals surface area contributed by atoms with Crippen LogP contribution in [0.2, 0.25) is 30.8 Å². The highest BCUT2D eigenvalue weighted by Gasteiger charge is 2.27. The van der Waals surface area contributed by atoms with Crippen molar-refractivity contribution in [2.45, 2.75) is 78.6 Å². The number of imidazole rings is 1. The summed E-state index contributed by atoms with van der Waals surface area (Å²) in [6.45, 7) is 15.4. The molecule has 8 nitrogen and oxygen atoms in total. The van der Waals surface area contributed by atoms with Crippen LogP contribution in [0, 0.1) is 0 Å². The Morgan fingerprint density at radius 3 is 2.50 bits per heavy atom. The second-order valence-electron chi connectivity index (χ2n) is 9.22. The van der Waals surface area contributed by atoms with E-state index < -0.39 is 19.8 Å². The lowest BCUT2D eigenvalue weighted by Gasteiger charge is -2.27. The number of carbonyl (C=O) groups excluding carboxylic acids is 2. The lowest BCUT2D eigenvalue weighted by atomic mass is 10.2. The zero-order valence-corrected chi connectivity index (χ0v) is 21.0. The molecule has 0 N–H and O–H groups in total. The fourth-order valence-corrected chi connectivity index (χ4v) is 3.38. The van der Waals surface area contributed by atoms with Gasteiger partial charge in [0.05, 0.1) is 6.61 Å². The Morgan fingerprint density at radius 1 is 1.27 bits per heavy atom. The molecule has 0 unspecified atom stereocenters. The van der Waals surface area contributed by atoms with Gasteiger partial charge in [-0.3, -0.25) is 9.36 Å². The normalized spacial score (nSPS) is 12.0. The number of rotatable bonds is 11. The number of nitrogens with zero attached hydrogens (tertiary/aromatic N) is 3. The summed E-state index contributed by atoms with van der Waals surface area (Å²) in [5.41, 5.74) is -0.675. The van der Waals surface area contributed by atoms with Crippen molar-refractivity contribution in [1.29, 1.82) is 0 Å². The van der Waals surface area contributed by atoms with Gasteiger partial charge in [-0.05, 0) is 40.2 Å². The molecule has 30 heavy (non-hydrogen) atoms. The molecule has 1 aromatic rings. The number of ether oxygens (including phenoxy) is 3. The molecule has 1 aromatic heterocycles. The van der Waals surface area contributed by atoms with E-state index in [4.69, 9.17) is 25.8 Å². The fourth-order valence-electron chi connectivity index (χ4n) is 2.43. The molecule has 1 heterocycles. The van der Waals surface area contributed by atoms with Crippen LogP contribution in [-0.4, -0.2) is 55.0 Å². The highest BCUT2D eigenvalue weighted by Crippen LogP contribution is 2.22. The van der Waals surface area contributed by atoms with E-state index in [1.807, 2.05) is 0 Å². The Bertz CT molecular complexity index is 698. The van der Waals surface area contributed by atoms with Gasteiger partial charge in [0.25, 0.3) is 0 Å². The summed E-state index contributed by atoms with van der Waals surface area (Å²) in [6, 6.07) is 1.03. The molecule has 10 heteroatoms. The van der Waals surface area contributed by atoms with E-state index in [9.17, 15) is 9.59 Å². The smallest absolute Gasteiger partial charge is 0.417 e. The summed E-state index contributed by atoms with van der Waals surface area (Å²) < 4.78 is 18.0. The number of carbonyl (C=O) groups is 2. The first-order valence-corrected chi connectivity index (χ1v) is 14.4. The van der Waals surface area contributed by atoms with Crippen LogP contribution in [0.25, 0.3) is 0 Å². The molecule has 0 radical (unpaired) electrons. The van der Waals surface area contributed by atoms with Crippen LogP contribution in [0.5, 0.6) is 0 Å². The predicted octanol–water partition coefficient (Wildman–Crippen LogP) is 4.93. The molecule has 1 amide bonds. The van der Waals surface area contributed by atoms with E-state index in [1.165, 1.54) is 4.90 Å². The summed E-state index contributed by atoms with van der Waals surface area (Å²) in [5, 5.41) is 0.248. The number of anilines is 1. The minimum absolute atomic E-state index is 0.189. The Labute approximate surface area is 185 Å². The lowest BCUT2D eigenvalue weighted by molar-refractivity contribution is -0.143. The van der Waals surface area contributed by atoms with Crippen molar-refractivity contribution in [2.24, 2.45) is 0 Å². The molecule has 0 aliphatic rings. The maximum Gasteiger partial charge on any atom is 0.417 e.